The molecule has 2 atom stereocenters. The number of benzene rings is 1. The molecule has 3 fully saturated rings. The summed E-state index contributed by atoms with van der Waals surface area (Å²) in [6, 6.07) is 7.98. The number of nitrogens with one attached hydrogen (secondary N) is 1. The summed E-state index contributed by atoms with van der Waals surface area (Å²) in [5.41, 5.74) is 7.29. The quantitative estimate of drug-likeness (QED) is 0.647. The molecule has 15 heavy (non-hydrogen) atoms. The van der Waals surface area contributed by atoms with Crippen molar-refractivity contribution in [3.05, 3.63) is 24.3 Å². The van der Waals surface area contributed by atoms with E-state index in [0.29, 0.717) is 6.04 Å². The van der Waals surface area contributed by atoms with E-state index in [1.165, 1.54) is 0 Å². The summed E-state index contributed by atoms with van der Waals surface area (Å²) in [7, 11) is 0. The molecule has 4 rings (SSSR count). The predicted molar refractivity (Wildman–Crippen MR) is 58.5 cm³/mol. The molecule has 0 spiro atoms. The first kappa shape index (κ1) is 8.73. The lowest BCUT2D eigenvalue weighted by molar-refractivity contribution is -0.125. The van der Waals surface area contributed by atoms with E-state index in [1.54, 1.807) is 0 Å². The molecular formula is C11H13N3O. The molecule has 1 aromatic rings. The molecule has 2 unspecified atom stereocenters. The lowest BCUT2D eigenvalue weighted by Gasteiger charge is -2.47. The molecule has 3 heterocycles. The molecule has 1 amide bonds. The number of rotatable bonds is 1. The zero-order chi connectivity index (χ0) is 10.4. The van der Waals surface area contributed by atoms with Crippen molar-refractivity contribution in [3.63, 3.8) is 0 Å². The van der Waals surface area contributed by atoms with Gasteiger partial charge in [0, 0.05) is 24.0 Å². The Hall–Kier alpha value is -1.55. The summed E-state index contributed by atoms with van der Waals surface area (Å²) >= 11 is 0. The SMILES string of the molecule is Nc1ccc(N2CC3CC(N3)C2=O)cc1. The second-order valence-corrected chi connectivity index (χ2v) is 4.19. The summed E-state index contributed by atoms with van der Waals surface area (Å²) in [5.74, 6) is 0.183. The highest BCUT2D eigenvalue weighted by molar-refractivity contribution is 5.99. The average molecular weight is 203 g/mol. The van der Waals surface area contributed by atoms with Gasteiger partial charge in [-0.2, -0.15) is 0 Å². The molecule has 0 aromatic heterocycles. The standard InChI is InChI=1S/C11H13N3O/c12-7-1-3-9(4-2-7)14-6-8-5-10(13-8)11(14)15/h1-4,8,10,13H,5-6,12H2. The number of carbonyl (C=O) groups excluding carboxylic acids is 1. The Morgan fingerprint density at radius 2 is 2.00 bits per heavy atom. The van der Waals surface area contributed by atoms with Crippen molar-refractivity contribution in [1.82, 2.24) is 5.32 Å². The molecule has 2 bridgehead atoms. The van der Waals surface area contributed by atoms with Crippen LogP contribution in [0.3, 0.4) is 0 Å². The van der Waals surface area contributed by atoms with E-state index in [1.807, 2.05) is 29.2 Å². The van der Waals surface area contributed by atoms with E-state index >= 15 is 0 Å². The van der Waals surface area contributed by atoms with Crippen LogP contribution in [0.2, 0.25) is 0 Å². The molecular weight excluding hydrogens is 190 g/mol. The Balaban J connectivity index is 1.88. The first-order chi connectivity index (χ1) is 7.24. The van der Waals surface area contributed by atoms with Gasteiger partial charge in [-0.15, -0.1) is 0 Å². The fourth-order valence-electron chi connectivity index (χ4n) is 2.23. The number of nitrogen functional groups attached to an aromatic ring is 1. The number of nitrogens with zero attached hydrogens (tertiary/aromatic N) is 1. The second-order valence-electron chi connectivity index (χ2n) is 4.19. The van der Waals surface area contributed by atoms with Crippen LogP contribution in [0.4, 0.5) is 11.4 Å². The third kappa shape index (κ3) is 1.29. The molecule has 0 saturated carbocycles. The maximum absolute atomic E-state index is 11.9. The molecule has 4 nitrogen and oxygen atoms in total. The van der Waals surface area contributed by atoms with Gasteiger partial charge in [-0.3, -0.25) is 4.79 Å². The zero-order valence-electron chi connectivity index (χ0n) is 8.31. The van der Waals surface area contributed by atoms with Crippen LogP contribution in [0, 0.1) is 0 Å². The minimum absolute atomic E-state index is 0.0429. The van der Waals surface area contributed by atoms with Gasteiger partial charge in [0.2, 0.25) is 5.91 Å². The van der Waals surface area contributed by atoms with Gasteiger partial charge in [0.25, 0.3) is 0 Å². The van der Waals surface area contributed by atoms with E-state index in [-0.39, 0.29) is 11.9 Å². The Kier molecular flexibility index (Phi) is 1.73. The Bertz CT molecular complexity index is 395. The number of nitrogens with two attached hydrogens (primary N) is 1. The third-order valence-electron chi connectivity index (χ3n) is 3.13. The van der Waals surface area contributed by atoms with Crippen LogP contribution in [0.1, 0.15) is 6.42 Å². The number of hydrogen-bond acceptors (Lipinski definition) is 3. The van der Waals surface area contributed by atoms with Gasteiger partial charge < -0.3 is 16.0 Å². The van der Waals surface area contributed by atoms with Gasteiger partial charge >= 0.3 is 0 Å². The van der Waals surface area contributed by atoms with E-state index in [4.69, 9.17) is 5.73 Å². The van der Waals surface area contributed by atoms with Gasteiger partial charge in [-0.25, -0.2) is 0 Å². The number of fused-ring (bicyclic) bond motifs is 2. The maximum Gasteiger partial charge on any atom is 0.244 e. The van der Waals surface area contributed by atoms with Crippen molar-refractivity contribution in [1.29, 1.82) is 0 Å². The molecule has 3 aliphatic heterocycles. The maximum atomic E-state index is 11.9. The van der Waals surface area contributed by atoms with Gasteiger partial charge in [-0.05, 0) is 30.7 Å². The van der Waals surface area contributed by atoms with Crippen LogP contribution in [-0.4, -0.2) is 24.5 Å². The first-order valence-electron chi connectivity index (χ1n) is 5.17. The summed E-state index contributed by atoms with van der Waals surface area (Å²) < 4.78 is 0. The fraction of sp³-hybridized carbons (Fsp3) is 0.364. The van der Waals surface area contributed by atoms with Crippen LogP contribution in [0.15, 0.2) is 24.3 Å². The zero-order valence-corrected chi connectivity index (χ0v) is 8.31. The smallest absolute Gasteiger partial charge is 0.244 e. The van der Waals surface area contributed by atoms with E-state index < -0.39 is 0 Å². The number of carbonyl (C=O) groups is 1. The third-order valence-corrected chi connectivity index (χ3v) is 3.13. The van der Waals surface area contributed by atoms with Crippen molar-refractivity contribution in [2.45, 2.75) is 18.5 Å². The van der Waals surface area contributed by atoms with Crippen LogP contribution in [0.5, 0.6) is 0 Å². The van der Waals surface area contributed by atoms with Gasteiger partial charge in [0.1, 0.15) is 0 Å². The van der Waals surface area contributed by atoms with Crippen LogP contribution >= 0.6 is 0 Å². The normalized spacial score (nSPS) is 28.8. The fourth-order valence-corrected chi connectivity index (χ4v) is 2.23. The molecule has 0 radical (unpaired) electrons. The molecule has 3 aliphatic rings. The highest BCUT2D eigenvalue weighted by Crippen LogP contribution is 2.27. The van der Waals surface area contributed by atoms with Crippen molar-refractivity contribution in [2.24, 2.45) is 0 Å². The average Bonchev–Trinajstić information content (AvgIpc) is 2.18. The number of piperidine rings is 1. The molecule has 3 saturated heterocycles. The number of amides is 1. The molecule has 1 aromatic carbocycles. The van der Waals surface area contributed by atoms with Crippen LogP contribution in [-0.2, 0) is 4.79 Å². The minimum Gasteiger partial charge on any atom is -0.399 e. The molecule has 78 valence electrons. The molecule has 4 heteroatoms. The lowest BCUT2D eigenvalue weighted by atomic mass is 9.90. The van der Waals surface area contributed by atoms with Gasteiger partial charge in [0.15, 0.2) is 0 Å². The van der Waals surface area contributed by atoms with Crippen LogP contribution < -0.4 is 16.0 Å². The van der Waals surface area contributed by atoms with Crippen LogP contribution in [0.25, 0.3) is 0 Å². The first-order valence-corrected chi connectivity index (χ1v) is 5.17. The van der Waals surface area contributed by atoms with Gasteiger partial charge in [-0.1, -0.05) is 0 Å². The summed E-state index contributed by atoms with van der Waals surface area (Å²) in [6.45, 7) is 0.777. The molecule has 3 N–H and O–H groups in total. The highest BCUT2D eigenvalue weighted by Gasteiger charge is 2.43. The summed E-state index contributed by atoms with van der Waals surface area (Å²) in [4.78, 5) is 13.7. The van der Waals surface area contributed by atoms with E-state index in [9.17, 15) is 4.79 Å². The monoisotopic (exact) mass is 203 g/mol. The second kappa shape index (κ2) is 2.97. The summed E-state index contributed by atoms with van der Waals surface area (Å²) in [5, 5.41) is 3.22. The van der Waals surface area contributed by atoms with Crippen molar-refractivity contribution in [2.75, 3.05) is 17.2 Å². The van der Waals surface area contributed by atoms with E-state index in [2.05, 4.69) is 5.32 Å². The van der Waals surface area contributed by atoms with Crippen molar-refractivity contribution >= 4 is 17.3 Å². The van der Waals surface area contributed by atoms with Crippen molar-refractivity contribution in [3.8, 4) is 0 Å². The largest absolute Gasteiger partial charge is 0.399 e. The Labute approximate surface area is 88.1 Å². The van der Waals surface area contributed by atoms with Crippen molar-refractivity contribution < 1.29 is 4.79 Å². The number of anilines is 2. The summed E-state index contributed by atoms with van der Waals surface area (Å²) in [6.07, 6.45) is 0.990. The Morgan fingerprint density at radius 3 is 2.60 bits per heavy atom. The lowest BCUT2D eigenvalue weighted by Crippen LogP contribution is -2.70. The molecule has 0 aliphatic carbocycles. The highest BCUT2D eigenvalue weighted by atomic mass is 16.2. The number of hydrogen-bond donors (Lipinski definition) is 2. The van der Waals surface area contributed by atoms with E-state index in [0.717, 1.165) is 24.3 Å². The predicted octanol–water partition coefficient (Wildman–Crippen LogP) is 0.346. The Morgan fingerprint density at radius 1 is 1.33 bits per heavy atom. The number of piperazine rings is 1. The topological polar surface area (TPSA) is 58.4 Å². The minimum atomic E-state index is 0.0429. The van der Waals surface area contributed by atoms with Gasteiger partial charge in [0.05, 0.1) is 6.04 Å².